The first-order valence-electron chi connectivity index (χ1n) is 7.13. The number of carbonyl (C=O) groups is 1. The van der Waals surface area contributed by atoms with Crippen molar-refractivity contribution in [2.75, 3.05) is 36.4 Å². The highest BCUT2D eigenvalue weighted by Crippen LogP contribution is 2.25. The van der Waals surface area contributed by atoms with Crippen LogP contribution in [-0.4, -0.2) is 47.5 Å². The monoisotopic (exact) mass is 351 g/mol. The Morgan fingerprint density at radius 2 is 1.70 bits per heavy atom. The van der Waals surface area contributed by atoms with E-state index in [0.29, 0.717) is 29.0 Å². The Labute approximate surface area is 144 Å². The van der Waals surface area contributed by atoms with Gasteiger partial charge in [0.25, 0.3) is 0 Å². The number of halogens is 2. The molecule has 0 bridgehead atoms. The second-order valence-electron chi connectivity index (χ2n) is 5.17. The Bertz CT molecular complexity index is 684. The third kappa shape index (κ3) is 4.03. The minimum atomic E-state index is 0.555. The Morgan fingerprint density at radius 1 is 1.00 bits per heavy atom. The number of hydrogen-bond acceptors (Lipinski definition) is 5. The maximum absolute atomic E-state index is 10.8. The molecule has 1 N–H and O–H groups in total. The molecule has 23 heavy (non-hydrogen) atoms. The van der Waals surface area contributed by atoms with Gasteiger partial charge in [-0.25, -0.2) is 9.97 Å². The summed E-state index contributed by atoms with van der Waals surface area (Å²) in [6.07, 6.45) is 2.39. The molecule has 1 aliphatic heterocycles. The molecule has 3 rings (SSSR count). The molecule has 1 saturated heterocycles. The molecule has 2 heterocycles. The van der Waals surface area contributed by atoms with E-state index in [9.17, 15) is 4.79 Å². The predicted molar refractivity (Wildman–Crippen MR) is 91.6 cm³/mol. The largest absolute Gasteiger partial charge is 0.353 e. The molecular weight excluding hydrogens is 337 g/mol. The minimum Gasteiger partial charge on any atom is -0.353 e. The maximum atomic E-state index is 10.8. The zero-order chi connectivity index (χ0) is 16.2. The highest BCUT2D eigenvalue weighted by Gasteiger charge is 2.17. The lowest BCUT2D eigenvalue weighted by atomic mass is 10.3. The van der Waals surface area contributed by atoms with Crippen LogP contribution in [-0.2, 0) is 4.79 Å². The number of rotatable bonds is 4. The Balaban J connectivity index is 1.73. The fourth-order valence-electron chi connectivity index (χ4n) is 2.42. The summed E-state index contributed by atoms with van der Waals surface area (Å²) in [6.45, 7) is 2.89. The standard InChI is InChI=1S/C15H15Cl2N5O/c16-11-5-12(17)7-13(6-11)20-14-8-15(19-9-18-14)22-3-1-21(10-23)2-4-22/h5-10H,1-4H2,(H,18,19,20). The van der Waals surface area contributed by atoms with Gasteiger partial charge in [0.05, 0.1) is 0 Å². The molecule has 0 radical (unpaired) electrons. The summed E-state index contributed by atoms with van der Waals surface area (Å²) in [5, 5.41) is 4.28. The normalized spacial score (nSPS) is 14.7. The fraction of sp³-hybridized carbons (Fsp3) is 0.267. The first-order valence-corrected chi connectivity index (χ1v) is 7.89. The van der Waals surface area contributed by atoms with Gasteiger partial charge in [0.2, 0.25) is 6.41 Å². The van der Waals surface area contributed by atoms with E-state index in [1.54, 1.807) is 23.1 Å². The molecule has 1 amide bonds. The number of nitrogens with one attached hydrogen (secondary N) is 1. The van der Waals surface area contributed by atoms with Crippen LogP contribution < -0.4 is 10.2 Å². The molecule has 6 nitrogen and oxygen atoms in total. The van der Waals surface area contributed by atoms with Gasteiger partial charge in [-0.1, -0.05) is 23.2 Å². The Morgan fingerprint density at radius 3 is 2.35 bits per heavy atom. The van der Waals surface area contributed by atoms with E-state index in [2.05, 4.69) is 20.2 Å². The lowest BCUT2D eigenvalue weighted by Crippen LogP contribution is -2.46. The lowest BCUT2D eigenvalue weighted by Gasteiger charge is -2.33. The maximum Gasteiger partial charge on any atom is 0.209 e. The topological polar surface area (TPSA) is 61.4 Å². The molecule has 0 saturated carbocycles. The van der Waals surface area contributed by atoms with E-state index < -0.39 is 0 Å². The van der Waals surface area contributed by atoms with Gasteiger partial charge in [-0.2, -0.15) is 0 Å². The smallest absolute Gasteiger partial charge is 0.209 e. The quantitative estimate of drug-likeness (QED) is 0.858. The van der Waals surface area contributed by atoms with Crippen molar-refractivity contribution in [2.45, 2.75) is 0 Å². The number of piperazine rings is 1. The Hall–Kier alpha value is -2.05. The molecule has 1 aromatic heterocycles. The first-order chi connectivity index (χ1) is 11.1. The van der Waals surface area contributed by atoms with Gasteiger partial charge < -0.3 is 15.1 Å². The number of carbonyl (C=O) groups excluding carboxylic acids is 1. The molecule has 1 fully saturated rings. The van der Waals surface area contributed by atoms with Crippen molar-refractivity contribution in [1.82, 2.24) is 14.9 Å². The number of anilines is 3. The van der Waals surface area contributed by atoms with Gasteiger partial charge in [-0.15, -0.1) is 0 Å². The fourth-order valence-corrected chi connectivity index (χ4v) is 2.94. The zero-order valence-corrected chi connectivity index (χ0v) is 13.8. The van der Waals surface area contributed by atoms with E-state index in [-0.39, 0.29) is 0 Å². The number of hydrogen-bond donors (Lipinski definition) is 1. The van der Waals surface area contributed by atoms with Gasteiger partial charge in [0.1, 0.15) is 18.0 Å². The van der Waals surface area contributed by atoms with Gasteiger partial charge in [0.15, 0.2) is 0 Å². The van der Waals surface area contributed by atoms with Crippen molar-refractivity contribution in [2.24, 2.45) is 0 Å². The molecule has 0 atom stereocenters. The summed E-state index contributed by atoms with van der Waals surface area (Å²) in [5.74, 6) is 1.48. The third-order valence-electron chi connectivity index (χ3n) is 3.57. The van der Waals surface area contributed by atoms with Gasteiger partial charge >= 0.3 is 0 Å². The number of nitrogens with zero attached hydrogens (tertiary/aromatic N) is 4. The molecule has 120 valence electrons. The van der Waals surface area contributed by atoms with Crippen molar-refractivity contribution < 1.29 is 4.79 Å². The average molecular weight is 352 g/mol. The summed E-state index contributed by atoms with van der Waals surface area (Å²) in [5.41, 5.74) is 0.762. The first kappa shape index (κ1) is 15.8. The van der Waals surface area contributed by atoms with Crippen molar-refractivity contribution in [3.05, 3.63) is 40.6 Å². The van der Waals surface area contributed by atoms with Crippen molar-refractivity contribution in [3.8, 4) is 0 Å². The van der Waals surface area contributed by atoms with Crippen LogP contribution in [0.1, 0.15) is 0 Å². The molecule has 1 aromatic carbocycles. The summed E-state index contributed by atoms with van der Waals surface area (Å²) in [4.78, 5) is 23.2. The number of amides is 1. The molecule has 8 heteroatoms. The van der Waals surface area contributed by atoms with E-state index in [0.717, 1.165) is 31.0 Å². The predicted octanol–water partition coefficient (Wildman–Crippen LogP) is 2.81. The average Bonchev–Trinajstić information content (AvgIpc) is 2.54. The van der Waals surface area contributed by atoms with E-state index in [4.69, 9.17) is 23.2 Å². The SMILES string of the molecule is O=CN1CCN(c2cc(Nc3cc(Cl)cc(Cl)c3)ncn2)CC1. The molecule has 0 spiro atoms. The van der Waals surface area contributed by atoms with Crippen LogP contribution >= 0.6 is 23.2 Å². The van der Waals surface area contributed by atoms with Crippen LogP contribution in [0.4, 0.5) is 17.3 Å². The lowest BCUT2D eigenvalue weighted by molar-refractivity contribution is -0.118. The van der Waals surface area contributed by atoms with Gasteiger partial charge in [-0.3, -0.25) is 4.79 Å². The van der Waals surface area contributed by atoms with Crippen molar-refractivity contribution >= 4 is 46.9 Å². The number of benzene rings is 1. The number of aromatic nitrogens is 2. The van der Waals surface area contributed by atoms with E-state index in [1.165, 1.54) is 6.33 Å². The molecular formula is C15H15Cl2N5O. The summed E-state index contributed by atoms with van der Waals surface area (Å²) in [7, 11) is 0. The van der Waals surface area contributed by atoms with Crippen molar-refractivity contribution in [1.29, 1.82) is 0 Å². The summed E-state index contributed by atoms with van der Waals surface area (Å²) in [6, 6.07) is 7.09. The van der Waals surface area contributed by atoms with Crippen molar-refractivity contribution in [3.63, 3.8) is 0 Å². The second kappa shape index (κ2) is 7.02. The molecule has 0 aliphatic carbocycles. The second-order valence-corrected chi connectivity index (χ2v) is 6.05. The van der Waals surface area contributed by atoms with Crippen LogP contribution in [0, 0.1) is 0 Å². The molecule has 2 aromatic rings. The van der Waals surface area contributed by atoms with Gasteiger partial charge in [-0.05, 0) is 18.2 Å². The van der Waals surface area contributed by atoms with Crippen LogP contribution in [0.2, 0.25) is 10.0 Å². The van der Waals surface area contributed by atoms with E-state index in [1.807, 2.05) is 6.07 Å². The van der Waals surface area contributed by atoms with Crippen LogP contribution in [0.15, 0.2) is 30.6 Å². The zero-order valence-electron chi connectivity index (χ0n) is 12.2. The minimum absolute atomic E-state index is 0.555. The Kier molecular flexibility index (Phi) is 4.83. The van der Waals surface area contributed by atoms with Crippen LogP contribution in [0.25, 0.3) is 0 Å². The summed E-state index contributed by atoms with van der Waals surface area (Å²) >= 11 is 12.0. The highest BCUT2D eigenvalue weighted by molar-refractivity contribution is 6.35. The highest BCUT2D eigenvalue weighted by atomic mass is 35.5. The van der Waals surface area contributed by atoms with E-state index >= 15 is 0 Å². The van der Waals surface area contributed by atoms with Crippen LogP contribution in [0.5, 0.6) is 0 Å². The molecule has 1 aliphatic rings. The molecule has 0 unspecified atom stereocenters. The van der Waals surface area contributed by atoms with Crippen LogP contribution in [0.3, 0.4) is 0 Å². The van der Waals surface area contributed by atoms with Gasteiger partial charge in [0, 0.05) is 48.0 Å². The summed E-state index contributed by atoms with van der Waals surface area (Å²) < 4.78 is 0. The third-order valence-corrected chi connectivity index (χ3v) is 4.01.